The first-order valence-electron chi connectivity index (χ1n) is 7.05. The van der Waals surface area contributed by atoms with Crippen molar-refractivity contribution in [3.8, 4) is 5.75 Å². The third-order valence-corrected chi connectivity index (χ3v) is 3.45. The maximum absolute atomic E-state index is 11.5. The van der Waals surface area contributed by atoms with Gasteiger partial charge in [0.15, 0.2) is 0 Å². The quantitative estimate of drug-likeness (QED) is 0.514. The molecule has 0 bridgehead atoms. The van der Waals surface area contributed by atoms with Crippen LogP contribution in [-0.4, -0.2) is 30.6 Å². The van der Waals surface area contributed by atoms with Gasteiger partial charge >= 0.3 is 5.97 Å². The van der Waals surface area contributed by atoms with E-state index in [-0.39, 0.29) is 12.4 Å². The van der Waals surface area contributed by atoms with E-state index in [0.717, 1.165) is 29.4 Å². The molecule has 0 fully saturated rings. The van der Waals surface area contributed by atoms with Crippen LogP contribution in [0.15, 0.2) is 35.9 Å². The molecule has 5 nitrogen and oxygen atoms in total. The molecule has 0 saturated carbocycles. The number of allylic oxidation sites excluding steroid dienone is 2. The van der Waals surface area contributed by atoms with Crippen molar-refractivity contribution in [1.82, 2.24) is 0 Å². The van der Waals surface area contributed by atoms with Gasteiger partial charge in [0.2, 0.25) is 0 Å². The fraction of sp³-hybridized carbons (Fsp3) is 0.294. The number of aliphatic hydroxyl groups is 1. The van der Waals surface area contributed by atoms with E-state index in [4.69, 9.17) is 4.74 Å². The highest BCUT2D eigenvalue weighted by atomic mass is 16.5. The molecule has 1 aliphatic rings. The third kappa shape index (κ3) is 3.36. The molecule has 5 heteroatoms. The largest absolute Gasteiger partial charge is 0.507 e. The van der Waals surface area contributed by atoms with Crippen LogP contribution in [0.5, 0.6) is 5.75 Å². The molecule has 1 aliphatic carbocycles. The number of hydrogen-bond acceptors (Lipinski definition) is 5. The monoisotopic (exact) mass is 302 g/mol. The predicted octanol–water partition coefficient (Wildman–Crippen LogP) is 2.60. The molecule has 116 valence electrons. The summed E-state index contributed by atoms with van der Waals surface area (Å²) in [6.45, 7) is 1.79. The summed E-state index contributed by atoms with van der Waals surface area (Å²) in [5.74, 6) is -0.762. The summed E-state index contributed by atoms with van der Waals surface area (Å²) < 4.78 is 9.78. The van der Waals surface area contributed by atoms with Gasteiger partial charge in [0, 0.05) is 5.56 Å². The summed E-state index contributed by atoms with van der Waals surface area (Å²) in [7, 11) is 1.59. The lowest BCUT2D eigenvalue weighted by molar-refractivity contribution is -0.151. The minimum Gasteiger partial charge on any atom is -0.507 e. The normalized spacial score (nSPS) is 13.9. The second-order valence-electron chi connectivity index (χ2n) is 4.81. The highest BCUT2D eigenvalue weighted by Gasteiger charge is 2.18. The summed E-state index contributed by atoms with van der Waals surface area (Å²) in [5.41, 5.74) is 2.33. The molecule has 1 N–H and O–H groups in total. The van der Waals surface area contributed by atoms with E-state index in [1.54, 1.807) is 26.2 Å². The Hall–Kier alpha value is -2.56. The summed E-state index contributed by atoms with van der Waals surface area (Å²) in [6.07, 6.45) is 3.92. The molecule has 0 aromatic heterocycles. The van der Waals surface area contributed by atoms with E-state index < -0.39 is 11.8 Å². The Bertz CT molecular complexity index is 655. The van der Waals surface area contributed by atoms with Gasteiger partial charge in [-0.25, -0.2) is 4.79 Å². The number of ether oxygens (including phenoxy) is 2. The van der Waals surface area contributed by atoms with E-state index >= 15 is 0 Å². The zero-order valence-electron chi connectivity index (χ0n) is 12.6. The van der Waals surface area contributed by atoms with Gasteiger partial charge in [-0.15, -0.1) is 0 Å². The summed E-state index contributed by atoms with van der Waals surface area (Å²) in [4.78, 5) is 22.8. The molecule has 0 heterocycles. The van der Waals surface area contributed by atoms with Crippen LogP contribution in [0, 0.1) is 0 Å². The SMILES string of the molecule is CCOC(=O)C(=O)C=CC1=C(O)c2ccc(OC)cc2CC1. The first-order valence-corrected chi connectivity index (χ1v) is 7.05. The number of benzene rings is 1. The lowest BCUT2D eigenvalue weighted by Crippen LogP contribution is -2.14. The van der Waals surface area contributed by atoms with Crippen LogP contribution in [-0.2, 0) is 20.7 Å². The average molecular weight is 302 g/mol. The standard InChI is InChI=1S/C17H18O5/c1-3-22-17(20)15(18)9-6-11-4-5-12-10-13(21-2)7-8-14(12)16(11)19/h6-10,19H,3-5H2,1-2H3. The van der Waals surface area contributed by atoms with Crippen molar-refractivity contribution < 1.29 is 24.2 Å². The molecule has 1 aromatic carbocycles. The van der Waals surface area contributed by atoms with Gasteiger partial charge in [-0.3, -0.25) is 4.79 Å². The Kier molecular flexibility index (Phi) is 4.99. The van der Waals surface area contributed by atoms with E-state index in [1.165, 1.54) is 6.08 Å². The Morgan fingerprint density at radius 2 is 2.09 bits per heavy atom. The number of fused-ring (bicyclic) bond motifs is 1. The van der Waals surface area contributed by atoms with E-state index in [1.807, 2.05) is 6.07 Å². The Morgan fingerprint density at radius 3 is 2.77 bits per heavy atom. The molecule has 0 atom stereocenters. The molecule has 22 heavy (non-hydrogen) atoms. The van der Waals surface area contributed by atoms with Crippen molar-refractivity contribution in [2.75, 3.05) is 13.7 Å². The Morgan fingerprint density at radius 1 is 1.32 bits per heavy atom. The smallest absolute Gasteiger partial charge is 0.379 e. The highest BCUT2D eigenvalue weighted by molar-refractivity contribution is 6.38. The maximum atomic E-state index is 11.5. The topological polar surface area (TPSA) is 72.8 Å². The van der Waals surface area contributed by atoms with Gasteiger partial charge in [0.25, 0.3) is 5.78 Å². The fourth-order valence-electron chi connectivity index (χ4n) is 2.30. The summed E-state index contributed by atoms with van der Waals surface area (Å²) in [5, 5.41) is 10.3. The van der Waals surface area contributed by atoms with Gasteiger partial charge < -0.3 is 14.6 Å². The van der Waals surface area contributed by atoms with Crippen molar-refractivity contribution in [2.45, 2.75) is 19.8 Å². The van der Waals surface area contributed by atoms with Gasteiger partial charge in [-0.1, -0.05) is 6.08 Å². The highest BCUT2D eigenvalue weighted by Crippen LogP contribution is 2.32. The second-order valence-corrected chi connectivity index (χ2v) is 4.81. The summed E-state index contributed by atoms with van der Waals surface area (Å²) in [6, 6.07) is 5.44. The molecule has 0 radical (unpaired) electrons. The van der Waals surface area contributed by atoms with E-state index in [2.05, 4.69) is 4.74 Å². The van der Waals surface area contributed by atoms with E-state index in [0.29, 0.717) is 12.0 Å². The number of carbonyl (C=O) groups is 2. The first kappa shape index (κ1) is 15.8. The number of ketones is 1. The average Bonchev–Trinajstić information content (AvgIpc) is 2.53. The molecule has 1 aromatic rings. The van der Waals surface area contributed by atoms with Crippen LogP contribution < -0.4 is 4.74 Å². The minimum absolute atomic E-state index is 0.122. The van der Waals surface area contributed by atoms with Crippen molar-refractivity contribution in [3.05, 3.63) is 47.1 Å². The molecule has 0 saturated heterocycles. The van der Waals surface area contributed by atoms with Crippen molar-refractivity contribution in [2.24, 2.45) is 0 Å². The Balaban J connectivity index is 2.21. The molecule has 0 unspecified atom stereocenters. The lowest BCUT2D eigenvalue weighted by atomic mass is 9.90. The number of esters is 1. The number of methoxy groups -OCH3 is 1. The van der Waals surface area contributed by atoms with Crippen molar-refractivity contribution in [1.29, 1.82) is 0 Å². The van der Waals surface area contributed by atoms with Crippen LogP contribution in [0.1, 0.15) is 24.5 Å². The molecule has 0 amide bonds. The maximum Gasteiger partial charge on any atom is 0.379 e. The number of rotatable bonds is 5. The van der Waals surface area contributed by atoms with Crippen molar-refractivity contribution in [3.63, 3.8) is 0 Å². The fourth-order valence-corrected chi connectivity index (χ4v) is 2.30. The van der Waals surface area contributed by atoms with Gasteiger partial charge in [-0.05, 0) is 55.2 Å². The molecular formula is C17H18O5. The minimum atomic E-state index is -0.889. The van der Waals surface area contributed by atoms with Crippen LogP contribution in [0.4, 0.5) is 0 Å². The molecular weight excluding hydrogens is 284 g/mol. The van der Waals surface area contributed by atoms with Crippen LogP contribution in [0.25, 0.3) is 5.76 Å². The number of carbonyl (C=O) groups excluding carboxylic acids is 2. The number of hydrogen-bond donors (Lipinski definition) is 1. The first-order chi connectivity index (χ1) is 10.6. The van der Waals surface area contributed by atoms with Crippen LogP contribution >= 0.6 is 0 Å². The predicted molar refractivity (Wildman–Crippen MR) is 81.6 cm³/mol. The summed E-state index contributed by atoms with van der Waals surface area (Å²) >= 11 is 0. The molecule has 0 spiro atoms. The van der Waals surface area contributed by atoms with Crippen LogP contribution in [0.2, 0.25) is 0 Å². The molecule has 2 rings (SSSR count). The molecule has 0 aliphatic heterocycles. The lowest BCUT2D eigenvalue weighted by Gasteiger charge is -2.18. The van der Waals surface area contributed by atoms with Gasteiger partial charge in [0.05, 0.1) is 13.7 Å². The zero-order valence-corrected chi connectivity index (χ0v) is 12.6. The second kappa shape index (κ2) is 6.93. The van der Waals surface area contributed by atoms with Crippen molar-refractivity contribution >= 4 is 17.5 Å². The van der Waals surface area contributed by atoms with Gasteiger partial charge in [0.1, 0.15) is 11.5 Å². The zero-order chi connectivity index (χ0) is 16.1. The number of aliphatic hydroxyl groups excluding tert-OH is 1. The third-order valence-electron chi connectivity index (χ3n) is 3.45. The van der Waals surface area contributed by atoms with Gasteiger partial charge in [-0.2, -0.15) is 0 Å². The van der Waals surface area contributed by atoms with Crippen LogP contribution in [0.3, 0.4) is 0 Å². The van der Waals surface area contributed by atoms with E-state index in [9.17, 15) is 14.7 Å². The Labute approximate surface area is 128 Å². The number of aryl methyl sites for hydroxylation is 1.